The zero-order valence-electron chi connectivity index (χ0n) is 15.8. The lowest BCUT2D eigenvalue weighted by atomic mass is 9.94. The van der Waals surface area contributed by atoms with Crippen molar-refractivity contribution in [2.75, 3.05) is 6.54 Å². The van der Waals surface area contributed by atoms with Crippen molar-refractivity contribution in [2.45, 2.75) is 52.7 Å². The molecule has 0 spiro atoms. The summed E-state index contributed by atoms with van der Waals surface area (Å²) in [6.45, 7) is 9.87. The van der Waals surface area contributed by atoms with E-state index in [0.717, 1.165) is 22.5 Å². The maximum absolute atomic E-state index is 13.3. The van der Waals surface area contributed by atoms with E-state index >= 15 is 0 Å². The lowest BCUT2D eigenvalue weighted by molar-refractivity contribution is 0.0154. The summed E-state index contributed by atoms with van der Waals surface area (Å²) in [5.74, 6) is 0.346. The molecule has 26 heavy (non-hydrogen) atoms. The SMILES string of the molecule is Cc1nc(-c2ccc(F)cc2)c2c(n1)[C@H](C)N(C(=O)OC(C)(C)C)CC2. The minimum absolute atomic E-state index is 0.213. The third-order valence-corrected chi connectivity index (χ3v) is 4.36. The molecule has 0 unspecified atom stereocenters. The van der Waals surface area contributed by atoms with Crippen LogP contribution in [0.4, 0.5) is 9.18 Å². The molecule has 0 radical (unpaired) electrons. The van der Waals surface area contributed by atoms with Crippen LogP contribution in [0.15, 0.2) is 24.3 Å². The summed E-state index contributed by atoms with van der Waals surface area (Å²) in [7, 11) is 0. The van der Waals surface area contributed by atoms with Crippen molar-refractivity contribution in [2.24, 2.45) is 0 Å². The number of benzene rings is 1. The molecular formula is C20H24FN3O2. The second kappa shape index (κ2) is 6.67. The van der Waals surface area contributed by atoms with E-state index in [1.165, 1.54) is 12.1 Å². The Morgan fingerprint density at radius 1 is 1.23 bits per heavy atom. The van der Waals surface area contributed by atoms with Crippen molar-refractivity contribution in [3.05, 3.63) is 47.2 Å². The van der Waals surface area contributed by atoms with Crippen molar-refractivity contribution in [1.29, 1.82) is 0 Å². The van der Waals surface area contributed by atoms with Gasteiger partial charge < -0.3 is 4.74 Å². The smallest absolute Gasteiger partial charge is 0.410 e. The van der Waals surface area contributed by atoms with Gasteiger partial charge in [0.05, 0.1) is 17.4 Å². The monoisotopic (exact) mass is 357 g/mol. The van der Waals surface area contributed by atoms with Gasteiger partial charge >= 0.3 is 6.09 Å². The fourth-order valence-corrected chi connectivity index (χ4v) is 3.20. The minimum Gasteiger partial charge on any atom is -0.444 e. The van der Waals surface area contributed by atoms with Gasteiger partial charge in [0, 0.05) is 17.7 Å². The van der Waals surface area contributed by atoms with Crippen LogP contribution in [-0.2, 0) is 11.2 Å². The Labute approximate surface area is 153 Å². The number of ether oxygens (including phenoxy) is 1. The van der Waals surface area contributed by atoms with Crippen molar-refractivity contribution in [1.82, 2.24) is 14.9 Å². The molecule has 1 aromatic carbocycles. The van der Waals surface area contributed by atoms with E-state index < -0.39 is 5.60 Å². The Morgan fingerprint density at radius 3 is 2.50 bits per heavy atom. The van der Waals surface area contributed by atoms with Crippen LogP contribution in [0.2, 0.25) is 0 Å². The maximum Gasteiger partial charge on any atom is 0.410 e. The molecule has 1 aliphatic rings. The molecular weight excluding hydrogens is 333 g/mol. The Kier molecular flexibility index (Phi) is 4.69. The van der Waals surface area contributed by atoms with Gasteiger partial charge in [-0.05, 0) is 65.3 Å². The van der Waals surface area contributed by atoms with Crippen molar-refractivity contribution in [3.8, 4) is 11.3 Å². The number of amides is 1. The zero-order valence-corrected chi connectivity index (χ0v) is 15.8. The molecule has 1 amide bonds. The topological polar surface area (TPSA) is 55.3 Å². The first kappa shape index (κ1) is 18.3. The number of aromatic nitrogens is 2. The van der Waals surface area contributed by atoms with Gasteiger partial charge in [-0.1, -0.05) is 0 Å². The van der Waals surface area contributed by atoms with Crippen LogP contribution in [-0.4, -0.2) is 33.1 Å². The third-order valence-electron chi connectivity index (χ3n) is 4.36. The van der Waals surface area contributed by atoms with E-state index in [9.17, 15) is 9.18 Å². The Hall–Kier alpha value is -2.50. The van der Waals surface area contributed by atoms with Crippen LogP contribution in [0.3, 0.4) is 0 Å². The standard InChI is InChI=1S/C20H24FN3O2/c1-12-17-16(10-11-24(12)19(25)26-20(3,4)5)18(23-13(2)22-17)14-6-8-15(21)9-7-14/h6-9,12H,10-11H2,1-5H3/t12-/m0/s1. The van der Waals surface area contributed by atoms with E-state index in [1.54, 1.807) is 17.0 Å². The summed E-state index contributed by atoms with van der Waals surface area (Å²) in [6, 6.07) is 6.09. The summed E-state index contributed by atoms with van der Waals surface area (Å²) in [5, 5.41) is 0. The zero-order chi connectivity index (χ0) is 19.1. The molecule has 1 atom stereocenters. The highest BCUT2D eigenvalue weighted by Gasteiger charge is 2.33. The van der Waals surface area contributed by atoms with Gasteiger partial charge in [0.2, 0.25) is 0 Å². The third kappa shape index (κ3) is 3.69. The van der Waals surface area contributed by atoms with Crippen LogP contribution in [0.25, 0.3) is 11.3 Å². The van der Waals surface area contributed by atoms with Gasteiger partial charge in [-0.3, -0.25) is 4.90 Å². The first-order chi connectivity index (χ1) is 12.2. The predicted molar refractivity (Wildman–Crippen MR) is 97.2 cm³/mol. The van der Waals surface area contributed by atoms with Gasteiger partial charge in [-0.15, -0.1) is 0 Å². The van der Waals surface area contributed by atoms with Crippen molar-refractivity contribution < 1.29 is 13.9 Å². The molecule has 0 N–H and O–H groups in total. The number of hydrogen-bond donors (Lipinski definition) is 0. The number of carbonyl (C=O) groups excluding carboxylic acids is 1. The number of hydrogen-bond acceptors (Lipinski definition) is 4. The number of halogens is 1. The van der Waals surface area contributed by atoms with Gasteiger partial charge in [0.1, 0.15) is 17.2 Å². The van der Waals surface area contributed by atoms with E-state index in [-0.39, 0.29) is 18.0 Å². The van der Waals surface area contributed by atoms with Gasteiger partial charge in [-0.2, -0.15) is 0 Å². The fraction of sp³-hybridized carbons (Fsp3) is 0.450. The number of rotatable bonds is 1. The highest BCUT2D eigenvalue weighted by molar-refractivity contribution is 5.71. The normalized spacial score (nSPS) is 17.0. The first-order valence-corrected chi connectivity index (χ1v) is 8.78. The molecule has 6 heteroatoms. The summed E-state index contributed by atoms with van der Waals surface area (Å²) >= 11 is 0. The highest BCUT2D eigenvalue weighted by atomic mass is 19.1. The second-order valence-electron chi connectivity index (χ2n) is 7.59. The average molecular weight is 357 g/mol. The minimum atomic E-state index is -0.544. The molecule has 2 heterocycles. The van der Waals surface area contributed by atoms with Crippen LogP contribution < -0.4 is 0 Å². The quantitative estimate of drug-likeness (QED) is 0.757. The van der Waals surface area contributed by atoms with E-state index in [2.05, 4.69) is 9.97 Å². The van der Waals surface area contributed by atoms with Gasteiger partial charge in [0.25, 0.3) is 0 Å². The molecule has 0 saturated carbocycles. The van der Waals surface area contributed by atoms with Gasteiger partial charge in [-0.25, -0.2) is 19.2 Å². The van der Waals surface area contributed by atoms with Gasteiger partial charge in [0.15, 0.2) is 0 Å². The maximum atomic E-state index is 13.3. The fourth-order valence-electron chi connectivity index (χ4n) is 3.20. The molecule has 1 aliphatic heterocycles. The summed E-state index contributed by atoms with van der Waals surface area (Å²) in [4.78, 5) is 23.4. The van der Waals surface area contributed by atoms with E-state index in [4.69, 9.17) is 4.74 Å². The molecule has 0 saturated heterocycles. The lowest BCUT2D eigenvalue weighted by Crippen LogP contribution is -2.42. The van der Waals surface area contributed by atoms with E-state index in [0.29, 0.717) is 18.8 Å². The first-order valence-electron chi connectivity index (χ1n) is 8.78. The van der Waals surface area contributed by atoms with Crippen LogP contribution in [0.1, 0.15) is 50.8 Å². The number of carbonyl (C=O) groups is 1. The van der Waals surface area contributed by atoms with E-state index in [1.807, 2.05) is 34.6 Å². The van der Waals surface area contributed by atoms with Crippen molar-refractivity contribution >= 4 is 6.09 Å². The van der Waals surface area contributed by atoms with Crippen LogP contribution in [0, 0.1) is 12.7 Å². The summed E-state index contributed by atoms with van der Waals surface area (Å²) in [6.07, 6.45) is 0.293. The Bertz CT molecular complexity index is 828. The molecule has 0 aliphatic carbocycles. The number of aryl methyl sites for hydroxylation is 1. The molecule has 3 rings (SSSR count). The van der Waals surface area contributed by atoms with Crippen LogP contribution in [0.5, 0.6) is 0 Å². The second-order valence-corrected chi connectivity index (χ2v) is 7.59. The molecule has 1 aromatic heterocycles. The largest absolute Gasteiger partial charge is 0.444 e. The predicted octanol–water partition coefficient (Wildman–Crippen LogP) is 4.45. The number of nitrogens with zero attached hydrogens (tertiary/aromatic N) is 3. The van der Waals surface area contributed by atoms with Crippen LogP contribution >= 0.6 is 0 Å². The average Bonchev–Trinajstić information content (AvgIpc) is 2.54. The Balaban J connectivity index is 1.98. The number of fused-ring (bicyclic) bond motifs is 1. The lowest BCUT2D eigenvalue weighted by Gasteiger charge is -2.36. The summed E-state index contributed by atoms with van der Waals surface area (Å²) in [5.41, 5.74) is 2.95. The Morgan fingerprint density at radius 2 is 1.88 bits per heavy atom. The molecule has 0 bridgehead atoms. The molecule has 138 valence electrons. The molecule has 5 nitrogen and oxygen atoms in total. The summed E-state index contributed by atoms with van der Waals surface area (Å²) < 4.78 is 18.8. The van der Waals surface area contributed by atoms with Crippen molar-refractivity contribution in [3.63, 3.8) is 0 Å². The molecule has 0 fully saturated rings. The molecule has 2 aromatic rings. The highest BCUT2D eigenvalue weighted by Crippen LogP contribution is 2.34.